The lowest BCUT2D eigenvalue weighted by Crippen LogP contribution is -2.39. The topological polar surface area (TPSA) is 81.4 Å². The number of fused-ring (bicyclic) bond motifs is 1. The number of hydrogen-bond acceptors (Lipinski definition) is 4. The van der Waals surface area contributed by atoms with E-state index in [1.54, 1.807) is 0 Å². The quantitative estimate of drug-likeness (QED) is 0.839. The molecular formula is C18H24N2O3S. The van der Waals surface area contributed by atoms with Crippen molar-refractivity contribution in [1.82, 2.24) is 4.72 Å². The van der Waals surface area contributed by atoms with E-state index in [2.05, 4.69) is 4.72 Å². The zero-order chi connectivity index (χ0) is 17.0. The van der Waals surface area contributed by atoms with E-state index in [0.717, 1.165) is 35.6 Å². The smallest absolute Gasteiger partial charge is 0.214 e. The van der Waals surface area contributed by atoms with Gasteiger partial charge in [0.05, 0.1) is 17.9 Å². The lowest BCUT2D eigenvalue weighted by Gasteiger charge is -2.24. The molecule has 1 heterocycles. The second-order valence-electron chi connectivity index (χ2n) is 6.28. The van der Waals surface area contributed by atoms with Gasteiger partial charge in [-0.05, 0) is 41.7 Å². The van der Waals surface area contributed by atoms with Crippen molar-refractivity contribution in [3.05, 3.63) is 48.0 Å². The molecule has 1 saturated heterocycles. The van der Waals surface area contributed by atoms with Gasteiger partial charge in [0.25, 0.3) is 0 Å². The third-order valence-corrected chi connectivity index (χ3v) is 5.87. The van der Waals surface area contributed by atoms with Crippen LogP contribution in [0.15, 0.2) is 42.5 Å². The van der Waals surface area contributed by atoms with Crippen molar-refractivity contribution in [2.45, 2.75) is 31.4 Å². The van der Waals surface area contributed by atoms with Crippen LogP contribution in [0.4, 0.5) is 0 Å². The van der Waals surface area contributed by atoms with Gasteiger partial charge in [0.2, 0.25) is 10.0 Å². The van der Waals surface area contributed by atoms with Crippen LogP contribution in [-0.4, -0.2) is 33.4 Å². The van der Waals surface area contributed by atoms with E-state index >= 15 is 0 Å². The third kappa shape index (κ3) is 4.33. The van der Waals surface area contributed by atoms with Gasteiger partial charge in [-0.3, -0.25) is 0 Å². The first kappa shape index (κ1) is 17.4. The second kappa shape index (κ2) is 7.61. The van der Waals surface area contributed by atoms with Crippen LogP contribution in [0.3, 0.4) is 0 Å². The minimum Gasteiger partial charge on any atom is -0.377 e. The van der Waals surface area contributed by atoms with Gasteiger partial charge in [-0.1, -0.05) is 36.4 Å². The fraction of sp³-hybridized carbons (Fsp3) is 0.444. The highest BCUT2D eigenvalue weighted by Crippen LogP contribution is 2.21. The Bertz CT molecular complexity index is 786. The highest BCUT2D eigenvalue weighted by Gasteiger charge is 2.25. The summed E-state index contributed by atoms with van der Waals surface area (Å²) in [4.78, 5) is 0. The predicted molar refractivity (Wildman–Crippen MR) is 96.3 cm³/mol. The van der Waals surface area contributed by atoms with Gasteiger partial charge >= 0.3 is 0 Å². The number of ether oxygens (including phenoxy) is 1. The minimum absolute atomic E-state index is 0.00290. The molecule has 0 aromatic heterocycles. The van der Waals surface area contributed by atoms with Crippen LogP contribution in [0.1, 0.15) is 30.9 Å². The Kier molecular flexibility index (Phi) is 5.50. The fourth-order valence-electron chi connectivity index (χ4n) is 3.13. The number of nitrogens with two attached hydrogens (primary N) is 1. The van der Waals surface area contributed by atoms with E-state index in [1.165, 1.54) is 0 Å². The average molecular weight is 348 g/mol. The van der Waals surface area contributed by atoms with Crippen LogP contribution in [0.2, 0.25) is 0 Å². The molecular weight excluding hydrogens is 324 g/mol. The van der Waals surface area contributed by atoms with Crippen LogP contribution < -0.4 is 10.5 Å². The molecule has 130 valence electrons. The van der Waals surface area contributed by atoms with E-state index in [9.17, 15) is 8.42 Å². The van der Waals surface area contributed by atoms with Crippen LogP contribution >= 0.6 is 0 Å². The van der Waals surface area contributed by atoms with Gasteiger partial charge in [0, 0.05) is 13.2 Å². The molecule has 3 rings (SSSR count). The summed E-state index contributed by atoms with van der Waals surface area (Å²) in [5.74, 6) is -0.00290. The molecule has 24 heavy (non-hydrogen) atoms. The molecule has 0 aliphatic carbocycles. The van der Waals surface area contributed by atoms with Crippen molar-refractivity contribution in [2.75, 3.05) is 18.9 Å². The van der Waals surface area contributed by atoms with Gasteiger partial charge < -0.3 is 10.5 Å². The fourth-order valence-corrected chi connectivity index (χ4v) is 4.64. The number of sulfonamides is 1. The molecule has 2 atom stereocenters. The van der Waals surface area contributed by atoms with Gasteiger partial charge in [0.15, 0.2) is 0 Å². The van der Waals surface area contributed by atoms with Crippen LogP contribution in [0, 0.1) is 0 Å². The largest absolute Gasteiger partial charge is 0.377 e. The average Bonchev–Trinajstić information content (AvgIpc) is 2.60. The monoisotopic (exact) mass is 348 g/mol. The molecule has 1 aliphatic rings. The van der Waals surface area contributed by atoms with Gasteiger partial charge in [0.1, 0.15) is 0 Å². The first-order valence-electron chi connectivity index (χ1n) is 8.38. The van der Waals surface area contributed by atoms with Gasteiger partial charge in [-0.25, -0.2) is 13.1 Å². The number of benzene rings is 2. The van der Waals surface area contributed by atoms with Crippen molar-refractivity contribution in [3.63, 3.8) is 0 Å². The predicted octanol–water partition coefficient (Wildman–Crippen LogP) is 2.33. The molecule has 1 aliphatic heterocycles. The van der Waals surface area contributed by atoms with Crippen molar-refractivity contribution in [3.8, 4) is 0 Å². The first-order valence-corrected chi connectivity index (χ1v) is 10.0. The summed E-state index contributed by atoms with van der Waals surface area (Å²) in [6.45, 7) is 0.855. The Hall–Kier alpha value is -1.47. The molecule has 3 N–H and O–H groups in total. The van der Waals surface area contributed by atoms with Crippen LogP contribution in [0.25, 0.3) is 10.8 Å². The van der Waals surface area contributed by atoms with Crippen molar-refractivity contribution in [2.24, 2.45) is 5.73 Å². The minimum atomic E-state index is -3.45. The summed E-state index contributed by atoms with van der Waals surface area (Å²) >= 11 is 0. The Labute approximate surface area is 143 Å². The number of nitrogens with one attached hydrogen (secondary N) is 1. The zero-order valence-corrected chi connectivity index (χ0v) is 14.5. The SMILES string of the molecule is NCC(NS(=O)(=O)CC1CCCCO1)c1ccc2ccccc2c1. The summed E-state index contributed by atoms with van der Waals surface area (Å²) in [5, 5.41) is 2.19. The number of rotatable bonds is 6. The standard InChI is InChI=1S/C18H24N2O3S/c19-12-18(16-9-8-14-5-1-2-6-15(14)11-16)20-24(21,22)13-17-7-3-4-10-23-17/h1-2,5-6,8-9,11,17-18,20H,3-4,7,10,12-13,19H2. The summed E-state index contributed by atoms with van der Waals surface area (Å²) in [7, 11) is -3.45. The molecule has 0 bridgehead atoms. The lowest BCUT2D eigenvalue weighted by atomic mass is 10.0. The molecule has 0 radical (unpaired) electrons. The molecule has 6 heteroatoms. The molecule has 5 nitrogen and oxygen atoms in total. The summed E-state index contributed by atoms with van der Waals surface area (Å²) in [6.07, 6.45) is 2.60. The normalized spacial score (nSPS) is 20.1. The Morgan fingerprint density at radius 2 is 1.96 bits per heavy atom. The Balaban J connectivity index is 1.74. The lowest BCUT2D eigenvalue weighted by molar-refractivity contribution is 0.0303. The molecule has 1 fully saturated rings. The highest BCUT2D eigenvalue weighted by molar-refractivity contribution is 7.89. The van der Waals surface area contributed by atoms with E-state index in [4.69, 9.17) is 10.5 Å². The Morgan fingerprint density at radius 1 is 1.17 bits per heavy atom. The van der Waals surface area contributed by atoms with Crippen LogP contribution in [0.5, 0.6) is 0 Å². The zero-order valence-electron chi connectivity index (χ0n) is 13.6. The van der Waals surface area contributed by atoms with Crippen molar-refractivity contribution >= 4 is 20.8 Å². The van der Waals surface area contributed by atoms with E-state index in [1.807, 2.05) is 42.5 Å². The summed E-state index contributed by atoms with van der Waals surface area (Å²) in [5.41, 5.74) is 6.71. The van der Waals surface area contributed by atoms with E-state index in [-0.39, 0.29) is 18.4 Å². The molecule has 0 saturated carbocycles. The van der Waals surface area contributed by atoms with Gasteiger partial charge in [-0.15, -0.1) is 0 Å². The molecule has 0 spiro atoms. The van der Waals surface area contributed by atoms with Crippen LogP contribution in [-0.2, 0) is 14.8 Å². The maximum absolute atomic E-state index is 12.5. The second-order valence-corrected chi connectivity index (χ2v) is 8.08. The molecule has 2 aromatic carbocycles. The highest BCUT2D eigenvalue weighted by atomic mass is 32.2. The van der Waals surface area contributed by atoms with Gasteiger partial charge in [-0.2, -0.15) is 0 Å². The molecule has 0 amide bonds. The van der Waals surface area contributed by atoms with E-state index < -0.39 is 16.1 Å². The summed E-state index contributed by atoms with van der Waals surface area (Å²) in [6, 6.07) is 13.5. The van der Waals surface area contributed by atoms with Crippen molar-refractivity contribution in [1.29, 1.82) is 0 Å². The molecule has 2 unspecified atom stereocenters. The Morgan fingerprint density at radius 3 is 2.67 bits per heavy atom. The van der Waals surface area contributed by atoms with Crippen molar-refractivity contribution < 1.29 is 13.2 Å². The third-order valence-electron chi connectivity index (χ3n) is 4.41. The van der Waals surface area contributed by atoms with E-state index in [0.29, 0.717) is 6.61 Å². The first-order chi connectivity index (χ1) is 11.6. The molecule has 2 aromatic rings. The maximum Gasteiger partial charge on any atom is 0.214 e. The number of hydrogen-bond donors (Lipinski definition) is 2. The maximum atomic E-state index is 12.5. The summed E-state index contributed by atoms with van der Waals surface area (Å²) < 4.78 is 33.2.